The van der Waals surface area contributed by atoms with Crippen molar-refractivity contribution in [1.29, 1.82) is 0 Å². The second kappa shape index (κ2) is 11.0. The van der Waals surface area contributed by atoms with Gasteiger partial charge in [-0.25, -0.2) is 0 Å². The summed E-state index contributed by atoms with van der Waals surface area (Å²) in [6.45, 7) is 18.2. The number of phenols is 1. The van der Waals surface area contributed by atoms with Gasteiger partial charge in [0.05, 0.1) is 11.9 Å². The highest BCUT2D eigenvalue weighted by molar-refractivity contribution is 6.18. The molecule has 0 aromatic heterocycles. The van der Waals surface area contributed by atoms with Crippen molar-refractivity contribution in [2.45, 2.75) is 111 Å². The van der Waals surface area contributed by atoms with Crippen molar-refractivity contribution in [2.24, 2.45) is 11.8 Å². The summed E-state index contributed by atoms with van der Waals surface area (Å²) < 4.78 is 20.1. The Balaban J connectivity index is 1.69. The lowest BCUT2D eigenvalue weighted by atomic mass is 9.51. The Bertz CT molecular complexity index is 1520. The molecule has 1 spiro atoms. The molecule has 1 saturated carbocycles. The molecule has 2 heterocycles. The van der Waals surface area contributed by atoms with Crippen molar-refractivity contribution < 1.29 is 28.9 Å². The van der Waals surface area contributed by atoms with Crippen LogP contribution in [0.25, 0.3) is 0 Å². The number of rotatable bonds is 9. The van der Waals surface area contributed by atoms with Crippen LogP contribution < -0.4 is 9.47 Å². The minimum atomic E-state index is -1.35. The summed E-state index contributed by atoms with van der Waals surface area (Å²) >= 11 is 0. The fourth-order valence-electron chi connectivity index (χ4n) is 7.39. The van der Waals surface area contributed by atoms with Crippen LogP contribution in [0.5, 0.6) is 17.2 Å². The van der Waals surface area contributed by atoms with Gasteiger partial charge >= 0.3 is 0 Å². The molecule has 4 bridgehead atoms. The molecule has 6 nitrogen and oxygen atoms in total. The first-order valence-corrected chi connectivity index (χ1v) is 15.5. The Morgan fingerprint density at radius 1 is 1.02 bits per heavy atom. The molecule has 3 aliphatic carbocycles. The number of fused-ring (bicyclic) bond motifs is 1. The average molecular weight is 587 g/mol. The minimum Gasteiger partial charge on any atom is -0.507 e. The van der Waals surface area contributed by atoms with E-state index in [1.54, 1.807) is 12.3 Å². The SMILES string of the molecule is CC(C)=CCC/C(C)=C/Oc1cc(O)c2c(c1CC=C(C)C)O[C@]13C(=C[C@@H]4C[C@H]1C(C)(C)O[C@@]3(CC=C(C)C)C4=O)C2=O. The summed E-state index contributed by atoms with van der Waals surface area (Å²) in [6, 6.07) is 1.52. The van der Waals surface area contributed by atoms with Gasteiger partial charge in [0, 0.05) is 35.5 Å². The third kappa shape index (κ3) is 4.92. The van der Waals surface area contributed by atoms with E-state index in [9.17, 15) is 14.7 Å². The van der Waals surface area contributed by atoms with Crippen LogP contribution in [0.2, 0.25) is 0 Å². The molecular weight excluding hydrogens is 540 g/mol. The molecule has 230 valence electrons. The number of ketones is 2. The summed E-state index contributed by atoms with van der Waals surface area (Å²) in [6.07, 6.45) is 12.8. The third-order valence-corrected chi connectivity index (χ3v) is 9.41. The van der Waals surface area contributed by atoms with Gasteiger partial charge in [-0.3, -0.25) is 9.59 Å². The summed E-state index contributed by atoms with van der Waals surface area (Å²) in [7, 11) is 0. The maximum absolute atomic E-state index is 14.5. The van der Waals surface area contributed by atoms with Crippen molar-refractivity contribution in [2.75, 3.05) is 0 Å². The van der Waals surface area contributed by atoms with E-state index in [1.807, 2.05) is 54.5 Å². The van der Waals surface area contributed by atoms with Gasteiger partial charge in [-0.2, -0.15) is 0 Å². The zero-order valence-corrected chi connectivity index (χ0v) is 27.1. The zero-order valence-electron chi connectivity index (χ0n) is 27.1. The Morgan fingerprint density at radius 2 is 1.70 bits per heavy atom. The fraction of sp³-hybridized carbons (Fsp3) is 0.514. The number of carbonyl (C=O) groups is 2. The van der Waals surface area contributed by atoms with E-state index >= 15 is 0 Å². The van der Waals surface area contributed by atoms with Crippen molar-refractivity contribution in [3.63, 3.8) is 0 Å². The summed E-state index contributed by atoms with van der Waals surface area (Å²) in [5, 5.41) is 11.3. The van der Waals surface area contributed by atoms with Gasteiger partial charge in [-0.05, 0) is 93.6 Å². The highest BCUT2D eigenvalue weighted by atomic mass is 16.6. The quantitative estimate of drug-likeness (QED) is 0.232. The van der Waals surface area contributed by atoms with Crippen LogP contribution in [0.1, 0.15) is 104 Å². The number of allylic oxidation sites excluding steroid dienone is 7. The first kappa shape index (κ1) is 31.1. The lowest BCUT2D eigenvalue weighted by Gasteiger charge is -2.56. The Kier molecular flexibility index (Phi) is 7.92. The Hall–Kier alpha value is -3.38. The van der Waals surface area contributed by atoms with E-state index in [1.165, 1.54) is 11.6 Å². The van der Waals surface area contributed by atoms with Gasteiger partial charge in [0.25, 0.3) is 0 Å². The molecule has 2 fully saturated rings. The zero-order chi connectivity index (χ0) is 31.5. The molecule has 6 rings (SSSR count). The molecule has 43 heavy (non-hydrogen) atoms. The van der Waals surface area contributed by atoms with E-state index in [0.717, 1.165) is 29.6 Å². The number of aromatic hydroxyl groups is 1. The molecular formula is C37H46O6. The van der Waals surface area contributed by atoms with Crippen LogP contribution in [0.4, 0.5) is 0 Å². The van der Waals surface area contributed by atoms with Crippen LogP contribution in [0, 0.1) is 11.8 Å². The van der Waals surface area contributed by atoms with Gasteiger partial charge in [-0.15, -0.1) is 0 Å². The van der Waals surface area contributed by atoms with Crippen LogP contribution in [-0.4, -0.2) is 33.5 Å². The van der Waals surface area contributed by atoms with Gasteiger partial charge in [0.2, 0.25) is 0 Å². The standard InChI is InChI=1S/C37H46O6/c1-21(2)11-10-12-24(7)20-41-29-19-28(38)31-32(39)27-17-25-18-30-35(8,9)43-36(34(25)40,16-15-23(5)6)37(27,30)42-33(31)26(29)14-13-22(3)4/h11,13,15,17,19-20,25,30,38H,10,12,14,16,18H2,1-9H3/b24-20+/t25-,30+,36+,37-/m1/s1. The van der Waals surface area contributed by atoms with Gasteiger partial charge in [0.1, 0.15) is 22.8 Å². The molecule has 2 aliphatic heterocycles. The van der Waals surface area contributed by atoms with Crippen molar-refractivity contribution >= 4 is 11.6 Å². The number of ether oxygens (including phenoxy) is 3. The number of hydrogen-bond acceptors (Lipinski definition) is 6. The van der Waals surface area contributed by atoms with Gasteiger partial charge in [0.15, 0.2) is 22.8 Å². The number of hydrogen-bond donors (Lipinski definition) is 1. The van der Waals surface area contributed by atoms with Crippen LogP contribution in [0.15, 0.2) is 64.5 Å². The molecule has 0 radical (unpaired) electrons. The number of benzene rings is 1. The molecule has 1 saturated heterocycles. The maximum Gasteiger partial charge on any atom is 0.200 e. The van der Waals surface area contributed by atoms with Crippen molar-refractivity contribution in [3.8, 4) is 17.2 Å². The average Bonchev–Trinajstić information content (AvgIpc) is 3.07. The maximum atomic E-state index is 14.5. The highest BCUT2D eigenvalue weighted by Gasteiger charge is 2.81. The normalized spacial score (nSPS) is 27.9. The second-order valence-electron chi connectivity index (χ2n) is 14.0. The van der Waals surface area contributed by atoms with Crippen molar-refractivity contribution in [3.05, 3.63) is 75.6 Å². The molecule has 6 heteroatoms. The molecule has 5 aliphatic rings. The van der Waals surface area contributed by atoms with E-state index in [4.69, 9.17) is 14.2 Å². The van der Waals surface area contributed by atoms with Crippen molar-refractivity contribution in [1.82, 2.24) is 0 Å². The van der Waals surface area contributed by atoms with E-state index in [2.05, 4.69) is 26.0 Å². The second-order valence-corrected chi connectivity index (χ2v) is 14.0. The molecule has 1 aromatic rings. The van der Waals surface area contributed by atoms with Crippen LogP contribution >= 0.6 is 0 Å². The molecule has 0 amide bonds. The third-order valence-electron chi connectivity index (χ3n) is 9.41. The Morgan fingerprint density at radius 3 is 2.35 bits per heavy atom. The topological polar surface area (TPSA) is 82.1 Å². The van der Waals surface area contributed by atoms with E-state index < -0.39 is 22.7 Å². The fourth-order valence-corrected chi connectivity index (χ4v) is 7.39. The van der Waals surface area contributed by atoms with E-state index in [-0.39, 0.29) is 34.5 Å². The lowest BCUT2D eigenvalue weighted by Crippen LogP contribution is -2.72. The summed E-state index contributed by atoms with van der Waals surface area (Å²) in [5.41, 5.74) is 2.33. The first-order chi connectivity index (χ1) is 20.1. The highest BCUT2D eigenvalue weighted by Crippen LogP contribution is 2.68. The summed E-state index contributed by atoms with van der Waals surface area (Å²) in [4.78, 5) is 28.6. The minimum absolute atomic E-state index is 0.0378. The monoisotopic (exact) mass is 586 g/mol. The first-order valence-electron chi connectivity index (χ1n) is 15.5. The Labute approximate surface area is 256 Å². The number of carbonyl (C=O) groups excluding carboxylic acids is 2. The molecule has 0 unspecified atom stereocenters. The predicted molar refractivity (Wildman–Crippen MR) is 169 cm³/mol. The molecule has 1 N–H and O–H groups in total. The number of Topliss-reactive ketones (excluding diaryl/α,β-unsaturated/α-hetero) is 2. The number of phenolic OH excluding ortho intramolecular Hbond substituents is 1. The van der Waals surface area contributed by atoms with Gasteiger partial charge < -0.3 is 19.3 Å². The van der Waals surface area contributed by atoms with Crippen LogP contribution in [-0.2, 0) is 16.0 Å². The molecule has 1 aromatic carbocycles. The van der Waals surface area contributed by atoms with E-state index in [0.29, 0.717) is 36.1 Å². The largest absolute Gasteiger partial charge is 0.507 e. The smallest absolute Gasteiger partial charge is 0.200 e. The van der Waals surface area contributed by atoms with Gasteiger partial charge in [-0.1, -0.05) is 41.0 Å². The van der Waals surface area contributed by atoms with Crippen LogP contribution in [0.3, 0.4) is 0 Å². The summed E-state index contributed by atoms with van der Waals surface area (Å²) in [5.74, 6) is -0.490. The predicted octanol–water partition coefficient (Wildman–Crippen LogP) is 8.29. The molecule has 4 atom stereocenters. The lowest BCUT2D eigenvalue weighted by molar-refractivity contribution is -0.171.